The highest BCUT2D eigenvalue weighted by atomic mass is 28.3. The number of hydrogen-bond acceptors (Lipinski definition) is 3. The fourth-order valence-corrected chi connectivity index (χ4v) is 38.9. The molecule has 0 bridgehead atoms. The molecule has 0 unspecified atom stereocenters. The molecular weight excluding hydrogens is 1510 g/mol. The Balaban J connectivity index is 0.813. The van der Waals surface area contributed by atoms with Gasteiger partial charge in [-0.3, -0.25) is 4.98 Å². The number of carbonyl (C=O) groups excluding carboxylic acids is 1. The van der Waals surface area contributed by atoms with Crippen LogP contribution >= 0.6 is 0 Å². The van der Waals surface area contributed by atoms with Crippen molar-refractivity contribution in [3.8, 4) is 22.5 Å². The van der Waals surface area contributed by atoms with E-state index in [1.165, 1.54) is 93.8 Å². The van der Waals surface area contributed by atoms with Crippen molar-refractivity contribution < 1.29 is 9.53 Å². The average Bonchev–Trinajstić information content (AvgIpc) is 1.62. The number of pyridine rings is 1. The molecule has 566 valence electrons. The van der Waals surface area contributed by atoms with E-state index in [9.17, 15) is 4.79 Å². The lowest BCUT2D eigenvalue weighted by atomic mass is 10.1. The predicted molar refractivity (Wildman–Crippen MR) is 509 cm³/mol. The molecule has 3 aromatic heterocycles. The van der Waals surface area contributed by atoms with Gasteiger partial charge in [-0.15, -0.1) is 0 Å². The Hall–Kier alpha value is -14.2. The molecule has 0 aliphatic heterocycles. The summed E-state index contributed by atoms with van der Waals surface area (Å²) in [5.74, 6) is -0.349. The summed E-state index contributed by atoms with van der Waals surface area (Å²) in [4.78, 5) is 18.3. The van der Waals surface area contributed by atoms with Crippen LogP contribution in [0.1, 0.15) is 17.3 Å². The number of carbonyl (C=O) groups is 1. The first-order chi connectivity index (χ1) is 58.9. The zero-order valence-corrected chi connectivity index (χ0v) is 69.9. The third kappa shape index (κ3) is 12.4. The Kier molecular flexibility index (Phi) is 19.5. The largest absolute Gasteiger partial charge is 0.462 e. The molecule has 0 spiro atoms. The Morgan fingerprint density at radius 2 is 0.471 bits per heavy atom. The highest BCUT2D eigenvalue weighted by Crippen LogP contribution is 2.36. The molecule has 17 aromatic carbocycles. The first-order valence-electron chi connectivity index (χ1n) is 41.0. The molecule has 0 aliphatic rings. The maximum Gasteiger partial charge on any atom is 0.338 e. The van der Waals surface area contributed by atoms with Gasteiger partial charge in [0.15, 0.2) is 32.3 Å². The summed E-state index contributed by atoms with van der Waals surface area (Å²) in [5, 5.41) is 25.3. The van der Waals surface area contributed by atoms with E-state index in [0.29, 0.717) is 5.56 Å². The van der Waals surface area contributed by atoms with Crippen LogP contribution in [-0.4, -0.2) is 59.0 Å². The number of ether oxygens (including phenoxy) is 1. The summed E-state index contributed by atoms with van der Waals surface area (Å²) in [6.45, 7) is 2.14. The second kappa shape index (κ2) is 31.5. The van der Waals surface area contributed by atoms with E-state index in [1.54, 1.807) is 0 Å². The number of hydrogen-bond donors (Lipinski definition) is 0. The minimum absolute atomic E-state index is 0.278. The smallest absolute Gasteiger partial charge is 0.338 e. The average molecular weight is 1590 g/mol. The van der Waals surface area contributed by atoms with Gasteiger partial charge >= 0.3 is 5.97 Å². The fourth-order valence-electron chi connectivity index (χ4n) is 19.8. The second-order valence-corrected chi connectivity index (χ2v) is 46.1. The number of esters is 1. The van der Waals surface area contributed by atoms with Crippen LogP contribution in [-0.2, 0) is 4.74 Å². The van der Waals surface area contributed by atoms with Crippen molar-refractivity contribution in [1.82, 2.24) is 14.1 Å². The van der Waals surface area contributed by atoms with Crippen molar-refractivity contribution in [2.24, 2.45) is 0 Å². The molecule has 0 saturated heterocycles. The quantitative estimate of drug-likeness (QED) is 0.0409. The molecule has 0 radical (unpaired) electrons. The zero-order chi connectivity index (χ0) is 79.8. The molecule has 3 heterocycles. The van der Waals surface area contributed by atoms with E-state index in [2.05, 4.69) is 457 Å². The lowest BCUT2D eigenvalue weighted by molar-refractivity contribution is 0.0526. The Morgan fingerprint density at radius 3 is 0.739 bits per heavy atom. The second-order valence-electron chi connectivity index (χ2n) is 30.9. The first-order valence-corrected chi connectivity index (χ1v) is 49.0. The monoisotopic (exact) mass is 1590 g/mol. The topological polar surface area (TPSA) is 49.0 Å². The summed E-state index contributed by atoms with van der Waals surface area (Å²) in [6, 6.07) is 174. The molecule has 0 atom stereocenters. The van der Waals surface area contributed by atoms with Crippen molar-refractivity contribution in [3.05, 3.63) is 479 Å². The van der Waals surface area contributed by atoms with Crippen molar-refractivity contribution >= 4 is 165 Å². The van der Waals surface area contributed by atoms with Crippen LogP contribution in [0.3, 0.4) is 0 Å². The van der Waals surface area contributed by atoms with Gasteiger partial charge in [0, 0.05) is 45.3 Å². The van der Waals surface area contributed by atoms with E-state index in [1.807, 2.05) is 37.5 Å². The Morgan fingerprint density at radius 1 is 0.235 bits per heavy atom. The van der Waals surface area contributed by atoms with E-state index >= 15 is 0 Å². The summed E-state index contributed by atoms with van der Waals surface area (Å²) in [7, 11) is -12.8. The van der Waals surface area contributed by atoms with Crippen molar-refractivity contribution in [3.63, 3.8) is 0 Å². The fraction of sp³-hybridized carbons (Fsp3) is 0.0182. The molecule has 0 aliphatic carbocycles. The molecule has 119 heavy (non-hydrogen) atoms. The van der Waals surface area contributed by atoms with E-state index in [-0.39, 0.29) is 12.6 Å². The van der Waals surface area contributed by atoms with Crippen molar-refractivity contribution in [2.45, 2.75) is 6.92 Å². The third-order valence-electron chi connectivity index (χ3n) is 24.8. The molecule has 0 fully saturated rings. The van der Waals surface area contributed by atoms with Crippen LogP contribution in [0.25, 0.3) is 66.1 Å². The predicted octanol–water partition coefficient (Wildman–Crippen LogP) is 14.6. The van der Waals surface area contributed by atoms with E-state index < -0.39 is 32.3 Å². The lowest BCUT2D eigenvalue weighted by Gasteiger charge is -2.35. The van der Waals surface area contributed by atoms with Crippen LogP contribution in [0, 0.1) is 0 Å². The lowest BCUT2D eigenvalue weighted by Crippen LogP contribution is -2.75. The number of benzene rings is 17. The van der Waals surface area contributed by atoms with Gasteiger partial charge in [-0.1, -0.05) is 406 Å². The number of aromatic nitrogens is 3. The van der Waals surface area contributed by atoms with Gasteiger partial charge in [-0.25, -0.2) is 4.79 Å². The van der Waals surface area contributed by atoms with Gasteiger partial charge in [-0.05, 0) is 156 Å². The van der Waals surface area contributed by atoms with Gasteiger partial charge in [0.2, 0.25) is 0 Å². The summed E-state index contributed by atoms with van der Waals surface area (Å²) < 4.78 is 10.5. The third-order valence-corrected chi connectivity index (χ3v) is 43.8. The van der Waals surface area contributed by atoms with Gasteiger partial charge in [0.05, 0.1) is 34.2 Å². The minimum atomic E-state index is -3.39. The number of rotatable bonds is 21. The van der Waals surface area contributed by atoms with Crippen LogP contribution < -0.4 is 83.0 Å². The van der Waals surface area contributed by atoms with Crippen molar-refractivity contribution in [2.75, 3.05) is 6.61 Å². The maximum atomic E-state index is 13.8. The first kappa shape index (κ1) is 73.7. The molecule has 0 amide bonds. The molecule has 0 N–H and O–H groups in total. The van der Waals surface area contributed by atoms with E-state index in [4.69, 9.17) is 4.74 Å². The van der Waals surface area contributed by atoms with Crippen LogP contribution in [0.5, 0.6) is 0 Å². The van der Waals surface area contributed by atoms with Gasteiger partial charge in [-0.2, -0.15) is 0 Å². The molecule has 20 aromatic rings. The highest BCUT2D eigenvalue weighted by Gasteiger charge is 2.47. The van der Waals surface area contributed by atoms with Gasteiger partial charge in [0.1, 0.15) is 0 Å². The van der Waals surface area contributed by atoms with Gasteiger partial charge in [0.25, 0.3) is 0 Å². The van der Waals surface area contributed by atoms with Crippen molar-refractivity contribution in [1.29, 1.82) is 0 Å². The standard InChI is InChI=1S/C110H83N3O2Si4/c1-2-115-110(114)83-38-33-39-85(74-83)113-108-68-63-99(117(89-46-19-6-20-47-89,90-48-21-7-22-49-90)91-50-23-8-24-51-91)78-104(108)105-80-101(65-69-109(105)113)119(94-56-29-11-30-57-94,95-58-31-12-32-59-95)97-61-35-37-82(76-97)81-36-34-60-96(75-81)118(92-52-25-9-26-53-92,93-54-27-10-28-55-93)100-64-67-107-103(79-100)102-77-98(62-66-106(102)112(107)84-70-72-111-73-71-84)116(86-40-13-3-14-41-86,87-42-15-4-16-43-87)88-44-17-5-18-45-88/h3-80H,2H2,1H3. The minimum Gasteiger partial charge on any atom is -0.462 e. The van der Waals surface area contributed by atoms with Crippen LogP contribution in [0.15, 0.2) is 473 Å². The van der Waals surface area contributed by atoms with E-state index in [0.717, 1.165) is 55.3 Å². The van der Waals surface area contributed by atoms with Crippen LogP contribution in [0.4, 0.5) is 0 Å². The summed E-state index contributed by atoms with van der Waals surface area (Å²) in [5.41, 5.74) is 9.05. The number of fused-ring (bicyclic) bond motifs is 6. The maximum absolute atomic E-state index is 13.8. The number of nitrogens with zero attached hydrogens (tertiary/aromatic N) is 3. The SMILES string of the molecule is CCOC(=O)c1cccc(-n2c3ccc([Si](c4ccccc4)(c4ccccc4)c4ccccc4)cc3c3cc([Si](c4ccccc4)(c4ccccc4)c4cccc(-c5cccc([Si](c6ccccc6)(c6ccccc6)c6ccc7c(c6)c6cc([Si](c8ccccc8)(c8ccccc8)c8ccccc8)ccc6n7-c6ccncc6)c5)c4)ccc32)c1. The molecule has 9 heteroatoms. The Labute approximate surface area is 698 Å². The Bertz CT molecular complexity index is 6770. The summed E-state index contributed by atoms with van der Waals surface area (Å²) >= 11 is 0. The van der Waals surface area contributed by atoms with Gasteiger partial charge < -0.3 is 13.9 Å². The molecule has 5 nitrogen and oxygen atoms in total. The normalized spacial score (nSPS) is 12.0. The molecule has 20 rings (SSSR count). The van der Waals surface area contributed by atoms with Crippen LogP contribution in [0.2, 0.25) is 0 Å². The zero-order valence-electron chi connectivity index (χ0n) is 65.9. The highest BCUT2D eigenvalue weighted by molar-refractivity contribution is 7.22. The molecule has 0 saturated carbocycles. The molecular formula is C110H83N3O2Si4. The summed E-state index contributed by atoms with van der Waals surface area (Å²) in [6.07, 6.45) is 3.82.